The van der Waals surface area contributed by atoms with E-state index in [-0.39, 0.29) is 17.6 Å². The van der Waals surface area contributed by atoms with Crippen molar-refractivity contribution < 1.29 is 9.45 Å². The molecule has 0 radical (unpaired) electrons. The molecule has 0 bridgehead atoms. The maximum Gasteiger partial charge on any atom is 0.269 e. The summed E-state index contributed by atoms with van der Waals surface area (Å²) in [5.74, 6) is 1.00. The molecule has 2 rings (SSSR count). The molecule has 0 aliphatic rings. The fourth-order valence-electron chi connectivity index (χ4n) is 1.72. The first-order valence-corrected chi connectivity index (χ1v) is 6.37. The number of benzene rings is 1. The smallest absolute Gasteiger partial charge is 0.269 e. The van der Waals surface area contributed by atoms with Crippen LogP contribution in [0.15, 0.2) is 28.8 Å². The second kappa shape index (κ2) is 5.79. The summed E-state index contributed by atoms with van der Waals surface area (Å²) in [5, 5.41) is 14.5. The van der Waals surface area contributed by atoms with Gasteiger partial charge in [0.25, 0.3) is 5.69 Å². The zero-order valence-electron chi connectivity index (χ0n) is 11.3. The normalized spacial score (nSPS) is 13.9. The van der Waals surface area contributed by atoms with Crippen molar-refractivity contribution in [3.05, 3.63) is 40.3 Å². The monoisotopic (exact) mass is 276 g/mol. The van der Waals surface area contributed by atoms with E-state index in [2.05, 4.69) is 10.1 Å². The Bertz CT molecular complexity index is 594. The molecule has 0 fully saturated rings. The average Bonchev–Trinajstić information content (AvgIpc) is 2.95. The van der Waals surface area contributed by atoms with Crippen molar-refractivity contribution in [2.75, 3.05) is 0 Å². The van der Waals surface area contributed by atoms with Crippen molar-refractivity contribution in [3.8, 4) is 11.4 Å². The third-order valence-corrected chi connectivity index (χ3v) is 3.32. The number of aromatic nitrogens is 2. The topological polar surface area (TPSA) is 108 Å². The highest BCUT2D eigenvalue weighted by molar-refractivity contribution is 5.56. The Morgan fingerprint density at radius 1 is 1.40 bits per heavy atom. The molecule has 7 nitrogen and oxygen atoms in total. The van der Waals surface area contributed by atoms with E-state index in [0.29, 0.717) is 17.3 Å². The van der Waals surface area contributed by atoms with E-state index in [0.717, 1.165) is 6.42 Å². The summed E-state index contributed by atoms with van der Waals surface area (Å²) in [6.45, 7) is 4.05. The predicted molar refractivity (Wildman–Crippen MR) is 72.8 cm³/mol. The molecule has 0 saturated carbocycles. The Kier molecular flexibility index (Phi) is 4.09. The van der Waals surface area contributed by atoms with Gasteiger partial charge >= 0.3 is 0 Å². The first kappa shape index (κ1) is 14.1. The van der Waals surface area contributed by atoms with Gasteiger partial charge in [-0.2, -0.15) is 4.98 Å². The fraction of sp³-hybridized carbons (Fsp3) is 0.385. The van der Waals surface area contributed by atoms with Crippen LogP contribution >= 0.6 is 0 Å². The molecular weight excluding hydrogens is 260 g/mol. The third kappa shape index (κ3) is 2.83. The second-order valence-corrected chi connectivity index (χ2v) is 4.67. The molecule has 0 aliphatic carbocycles. The summed E-state index contributed by atoms with van der Waals surface area (Å²) in [7, 11) is 0. The fourth-order valence-corrected chi connectivity index (χ4v) is 1.72. The molecule has 106 valence electrons. The van der Waals surface area contributed by atoms with Crippen molar-refractivity contribution in [2.24, 2.45) is 11.7 Å². The molecule has 1 unspecified atom stereocenters. The molecule has 0 spiro atoms. The van der Waals surface area contributed by atoms with Gasteiger partial charge in [-0.05, 0) is 18.1 Å². The lowest BCUT2D eigenvalue weighted by Crippen LogP contribution is -2.18. The van der Waals surface area contributed by atoms with Gasteiger partial charge < -0.3 is 10.3 Å². The number of hydrogen-bond acceptors (Lipinski definition) is 6. The Morgan fingerprint density at radius 2 is 2.05 bits per heavy atom. The Balaban J connectivity index is 2.22. The van der Waals surface area contributed by atoms with Gasteiger partial charge in [-0.15, -0.1) is 0 Å². The average molecular weight is 276 g/mol. The van der Waals surface area contributed by atoms with E-state index in [4.69, 9.17) is 10.3 Å². The van der Waals surface area contributed by atoms with Crippen molar-refractivity contribution in [3.63, 3.8) is 0 Å². The summed E-state index contributed by atoms with van der Waals surface area (Å²) in [6, 6.07) is 5.67. The molecular formula is C13H16N4O3. The van der Waals surface area contributed by atoms with Gasteiger partial charge in [0.15, 0.2) is 0 Å². The van der Waals surface area contributed by atoms with Crippen LogP contribution in [0.2, 0.25) is 0 Å². The first-order valence-electron chi connectivity index (χ1n) is 6.37. The molecule has 2 aromatic rings. The van der Waals surface area contributed by atoms with Crippen LogP contribution in [0.4, 0.5) is 5.69 Å². The van der Waals surface area contributed by atoms with Crippen molar-refractivity contribution in [1.82, 2.24) is 10.1 Å². The van der Waals surface area contributed by atoms with Crippen LogP contribution < -0.4 is 5.73 Å². The van der Waals surface area contributed by atoms with Crippen molar-refractivity contribution in [1.29, 1.82) is 0 Å². The second-order valence-electron chi connectivity index (χ2n) is 4.67. The summed E-state index contributed by atoms with van der Waals surface area (Å²) in [6.07, 6.45) is 0.913. The van der Waals surface area contributed by atoms with Crippen LogP contribution in [-0.4, -0.2) is 15.1 Å². The van der Waals surface area contributed by atoms with Crippen LogP contribution in [0.25, 0.3) is 11.4 Å². The lowest BCUT2D eigenvalue weighted by molar-refractivity contribution is -0.384. The molecule has 1 aromatic carbocycles. The van der Waals surface area contributed by atoms with E-state index < -0.39 is 4.92 Å². The molecule has 1 aromatic heterocycles. The van der Waals surface area contributed by atoms with Gasteiger partial charge in [-0.3, -0.25) is 10.1 Å². The number of rotatable bonds is 5. The lowest BCUT2D eigenvalue weighted by Gasteiger charge is -2.12. The van der Waals surface area contributed by atoms with Crippen LogP contribution in [-0.2, 0) is 0 Å². The molecule has 1 heterocycles. The zero-order valence-corrected chi connectivity index (χ0v) is 11.3. The lowest BCUT2D eigenvalue weighted by atomic mass is 10.0. The molecule has 7 heteroatoms. The van der Waals surface area contributed by atoms with Crippen LogP contribution in [0.3, 0.4) is 0 Å². The Morgan fingerprint density at radius 3 is 2.60 bits per heavy atom. The maximum absolute atomic E-state index is 10.6. The number of hydrogen-bond donors (Lipinski definition) is 1. The summed E-state index contributed by atoms with van der Waals surface area (Å²) in [4.78, 5) is 14.4. The van der Waals surface area contributed by atoms with Gasteiger partial charge in [-0.25, -0.2) is 0 Å². The minimum absolute atomic E-state index is 0.0220. The molecule has 2 N–H and O–H groups in total. The number of nitrogens with zero attached hydrogens (tertiary/aromatic N) is 3. The SMILES string of the molecule is CCC(C)[C@H](N)c1nc(-c2ccc([N+](=O)[O-])cc2)no1. The quantitative estimate of drug-likeness (QED) is 0.664. The van der Waals surface area contributed by atoms with Crippen LogP contribution in [0.1, 0.15) is 32.2 Å². The van der Waals surface area contributed by atoms with E-state index in [1.165, 1.54) is 12.1 Å². The maximum atomic E-state index is 10.6. The summed E-state index contributed by atoms with van der Waals surface area (Å²) in [5.41, 5.74) is 6.70. The van der Waals surface area contributed by atoms with Crippen LogP contribution in [0.5, 0.6) is 0 Å². The molecule has 2 atom stereocenters. The minimum atomic E-state index is -0.454. The number of nitro groups is 1. The van der Waals surface area contributed by atoms with Gasteiger partial charge in [-0.1, -0.05) is 25.4 Å². The summed E-state index contributed by atoms with van der Waals surface area (Å²) >= 11 is 0. The van der Waals surface area contributed by atoms with Gasteiger partial charge in [0.05, 0.1) is 11.0 Å². The van der Waals surface area contributed by atoms with Crippen molar-refractivity contribution >= 4 is 5.69 Å². The number of non-ortho nitro benzene ring substituents is 1. The summed E-state index contributed by atoms with van der Waals surface area (Å²) < 4.78 is 5.16. The van der Waals surface area contributed by atoms with E-state index in [9.17, 15) is 10.1 Å². The Hall–Kier alpha value is -2.28. The van der Waals surface area contributed by atoms with E-state index >= 15 is 0 Å². The van der Waals surface area contributed by atoms with Crippen LogP contribution in [0, 0.1) is 16.0 Å². The molecule has 20 heavy (non-hydrogen) atoms. The van der Waals surface area contributed by atoms with E-state index in [1.54, 1.807) is 12.1 Å². The molecule has 0 amide bonds. The predicted octanol–water partition coefficient (Wildman–Crippen LogP) is 2.69. The highest BCUT2D eigenvalue weighted by Gasteiger charge is 2.20. The zero-order chi connectivity index (χ0) is 14.7. The highest BCUT2D eigenvalue weighted by atomic mass is 16.6. The standard InChI is InChI=1S/C13H16N4O3/c1-3-8(2)11(14)13-15-12(16-20-13)9-4-6-10(7-5-9)17(18)19/h4-8,11H,3,14H2,1-2H3/t8?,11-/m0/s1. The first-order chi connectivity index (χ1) is 9.52. The minimum Gasteiger partial charge on any atom is -0.337 e. The van der Waals surface area contributed by atoms with Gasteiger partial charge in [0.2, 0.25) is 11.7 Å². The van der Waals surface area contributed by atoms with E-state index in [1.807, 2.05) is 13.8 Å². The van der Waals surface area contributed by atoms with Gasteiger partial charge in [0, 0.05) is 17.7 Å². The molecule has 0 aliphatic heterocycles. The Labute approximate surface area is 115 Å². The highest BCUT2D eigenvalue weighted by Crippen LogP contribution is 2.24. The number of nitro benzene ring substituents is 1. The van der Waals surface area contributed by atoms with Gasteiger partial charge in [0.1, 0.15) is 0 Å². The third-order valence-electron chi connectivity index (χ3n) is 3.32. The largest absolute Gasteiger partial charge is 0.337 e. The number of nitrogens with two attached hydrogens (primary N) is 1. The molecule has 0 saturated heterocycles. The van der Waals surface area contributed by atoms with Crippen molar-refractivity contribution in [2.45, 2.75) is 26.3 Å².